The highest BCUT2D eigenvalue weighted by molar-refractivity contribution is 9.10. The lowest BCUT2D eigenvalue weighted by Gasteiger charge is -2.12. The van der Waals surface area contributed by atoms with Gasteiger partial charge in [0.15, 0.2) is 0 Å². The van der Waals surface area contributed by atoms with Gasteiger partial charge in [-0.25, -0.2) is 8.78 Å². The molecule has 106 valence electrons. The standard InChI is InChI=1S/C15H14BrF2NO/c1-2-19-9-11-13(17)4-3-5-15(11)20-10-6-7-14(18)12(16)8-10/h3-8,19H,2,9H2,1H3. The van der Waals surface area contributed by atoms with E-state index in [1.807, 2.05) is 6.92 Å². The van der Waals surface area contributed by atoms with E-state index in [9.17, 15) is 8.78 Å². The molecule has 0 saturated heterocycles. The van der Waals surface area contributed by atoms with Gasteiger partial charge in [0.25, 0.3) is 0 Å². The second-order valence-corrected chi connectivity index (χ2v) is 5.03. The molecule has 0 atom stereocenters. The van der Waals surface area contributed by atoms with E-state index in [0.29, 0.717) is 28.1 Å². The first kappa shape index (κ1) is 14.9. The predicted octanol–water partition coefficient (Wildman–Crippen LogP) is 4.63. The molecule has 2 nitrogen and oxygen atoms in total. The Balaban J connectivity index is 2.28. The zero-order chi connectivity index (χ0) is 14.5. The van der Waals surface area contributed by atoms with Gasteiger partial charge in [-0.05, 0) is 52.8 Å². The van der Waals surface area contributed by atoms with E-state index in [1.54, 1.807) is 12.1 Å². The zero-order valence-electron chi connectivity index (χ0n) is 10.9. The molecule has 2 aromatic carbocycles. The van der Waals surface area contributed by atoms with Crippen LogP contribution in [0.2, 0.25) is 0 Å². The van der Waals surface area contributed by atoms with Crippen LogP contribution in [0.25, 0.3) is 0 Å². The molecule has 0 radical (unpaired) electrons. The number of ether oxygens (including phenoxy) is 1. The number of nitrogens with one attached hydrogen (secondary N) is 1. The highest BCUT2D eigenvalue weighted by Gasteiger charge is 2.11. The number of rotatable bonds is 5. The molecule has 0 aromatic heterocycles. The topological polar surface area (TPSA) is 21.3 Å². The van der Waals surface area contributed by atoms with Gasteiger partial charge in [-0.15, -0.1) is 0 Å². The molecule has 5 heteroatoms. The number of hydrogen-bond acceptors (Lipinski definition) is 2. The van der Waals surface area contributed by atoms with Crippen LogP contribution in [0.3, 0.4) is 0 Å². The second-order valence-electron chi connectivity index (χ2n) is 4.17. The monoisotopic (exact) mass is 341 g/mol. The smallest absolute Gasteiger partial charge is 0.137 e. The summed E-state index contributed by atoms with van der Waals surface area (Å²) < 4.78 is 33.0. The summed E-state index contributed by atoms with van der Waals surface area (Å²) in [6, 6.07) is 8.97. The Labute approximate surface area is 124 Å². The van der Waals surface area contributed by atoms with E-state index < -0.39 is 0 Å². The van der Waals surface area contributed by atoms with Gasteiger partial charge in [-0.3, -0.25) is 0 Å². The summed E-state index contributed by atoms with van der Waals surface area (Å²) in [6.45, 7) is 3.05. The largest absolute Gasteiger partial charge is 0.457 e. The van der Waals surface area contributed by atoms with Crippen molar-refractivity contribution in [2.24, 2.45) is 0 Å². The molecule has 2 aromatic rings. The minimum atomic E-state index is -0.371. The average molecular weight is 342 g/mol. The fraction of sp³-hybridized carbons (Fsp3) is 0.200. The average Bonchev–Trinajstić information content (AvgIpc) is 2.42. The van der Waals surface area contributed by atoms with Crippen LogP contribution < -0.4 is 10.1 Å². The molecule has 0 aliphatic carbocycles. The summed E-state index contributed by atoms with van der Waals surface area (Å²) in [6.07, 6.45) is 0. The van der Waals surface area contributed by atoms with Crippen LogP contribution in [0.5, 0.6) is 11.5 Å². The molecule has 0 heterocycles. The molecule has 0 amide bonds. The van der Waals surface area contributed by atoms with Crippen molar-refractivity contribution in [2.75, 3.05) is 6.54 Å². The molecule has 0 aliphatic heterocycles. The zero-order valence-corrected chi connectivity index (χ0v) is 12.5. The van der Waals surface area contributed by atoms with Gasteiger partial charge in [0.05, 0.1) is 4.47 Å². The number of benzene rings is 2. The van der Waals surface area contributed by atoms with Gasteiger partial charge in [0.1, 0.15) is 23.1 Å². The summed E-state index contributed by atoms with van der Waals surface area (Å²) in [5.74, 6) is 0.167. The summed E-state index contributed by atoms with van der Waals surface area (Å²) in [7, 11) is 0. The summed E-state index contributed by atoms with van der Waals surface area (Å²) in [4.78, 5) is 0. The maximum atomic E-state index is 13.8. The summed E-state index contributed by atoms with van der Waals surface area (Å²) >= 11 is 3.09. The fourth-order valence-corrected chi connectivity index (χ4v) is 2.08. The normalized spacial score (nSPS) is 10.6. The molecule has 2 rings (SSSR count). The minimum absolute atomic E-state index is 0.305. The molecular formula is C15H14BrF2NO. The Morgan fingerprint density at radius 1 is 1.15 bits per heavy atom. The van der Waals surface area contributed by atoms with Crippen molar-refractivity contribution in [3.63, 3.8) is 0 Å². The summed E-state index contributed by atoms with van der Waals surface area (Å²) in [5, 5.41) is 3.06. The Morgan fingerprint density at radius 2 is 1.95 bits per heavy atom. The molecule has 20 heavy (non-hydrogen) atoms. The molecule has 0 spiro atoms. The molecule has 0 aliphatic rings. The van der Waals surface area contributed by atoms with Crippen LogP contribution in [0.4, 0.5) is 8.78 Å². The number of hydrogen-bond donors (Lipinski definition) is 1. The lowest BCUT2D eigenvalue weighted by molar-refractivity contribution is 0.460. The van der Waals surface area contributed by atoms with Crippen LogP contribution in [0.15, 0.2) is 40.9 Å². The second kappa shape index (κ2) is 6.81. The van der Waals surface area contributed by atoms with Gasteiger partial charge in [0, 0.05) is 12.1 Å². The third kappa shape index (κ3) is 3.55. The van der Waals surface area contributed by atoms with Crippen LogP contribution in [-0.4, -0.2) is 6.54 Å². The van der Waals surface area contributed by atoms with Crippen molar-refractivity contribution >= 4 is 15.9 Å². The summed E-state index contributed by atoms with van der Waals surface area (Å²) in [5.41, 5.74) is 0.454. The van der Waals surface area contributed by atoms with Crippen molar-refractivity contribution in [3.8, 4) is 11.5 Å². The Morgan fingerprint density at radius 3 is 2.65 bits per heavy atom. The fourth-order valence-electron chi connectivity index (χ4n) is 1.72. The molecule has 0 unspecified atom stereocenters. The molecule has 0 bridgehead atoms. The lowest BCUT2D eigenvalue weighted by Crippen LogP contribution is -2.13. The van der Waals surface area contributed by atoms with E-state index in [2.05, 4.69) is 21.2 Å². The van der Waals surface area contributed by atoms with Crippen molar-refractivity contribution in [2.45, 2.75) is 13.5 Å². The van der Waals surface area contributed by atoms with Gasteiger partial charge in [-0.2, -0.15) is 0 Å². The number of halogens is 3. The van der Waals surface area contributed by atoms with E-state index in [4.69, 9.17) is 4.74 Å². The first-order valence-electron chi connectivity index (χ1n) is 6.23. The van der Waals surface area contributed by atoms with Crippen LogP contribution in [0.1, 0.15) is 12.5 Å². The maximum absolute atomic E-state index is 13.8. The van der Waals surface area contributed by atoms with Crippen molar-refractivity contribution in [1.29, 1.82) is 0 Å². The Bertz CT molecular complexity index is 604. The van der Waals surface area contributed by atoms with Gasteiger partial charge < -0.3 is 10.1 Å². The lowest BCUT2D eigenvalue weighted by atomic mass is 10.2. The maximum Gasteiger partial charge on any atom is 0.137 e. The first-order chi connectivity index (χ1) is 9.61. The molecule has 1 N–H and O–H groups in total. The first-order valence-corrected chi connectivity index (χ1v) is 7.02. The minimum Gasteiger partial charge on any atom is -0.457 e. The van der Waals surface area contributed by atoms with Crippen molar-refractivity contribution in [1.82, 2.24) is 5.32 Å². The molecule has 0 saturated carbocycles. The molecule has 0 fully saturated rings. The van der Waals surface area contributed by atoms with Gasteiger partial charge >= 0.3 is 0 Å². The van der Waals surface area contributed by atoms with E-state index in [1.165, 1.54) is 24.3 Å². The quantitative estimate of drug-likeness (QED) is 0.856. The van der Waals surface area contributed by atoms with Crippen molar-refractivity contribution < 1.29 is 13.5 Å². The predicted molar refractivity (Wildman–Crippen MR) is 78.0 cm³/mol. The van der Waals surface area contributed by atoms with Crippen LogP contribution >= 0.6 is 15.9 Å². The van der Waals surface area contributed by atoms with E-state index in [-0.39, 0.29) is 11.6 Å². The Hall–Kier alpha value is -1.46. The SMILES string of the molecule is CCNCc1c(F)cccc1Oc1ccc(F)c(Br)c1. The van der Waals surface area contributed by atoms with E-state index >= 15 is 0 Å². The van der Waals surface area contributed by atoms with Crippen LogP contribution in [-0.2, 0) is 6.54 Å². The Kier molecular flexibility index (Phi) is 5.09. The van der Waals surface area contributed by atoms with Gasteiger partial charge in [0.2, 0.25) is 0 Å². The highest BCUT2D eigenvalue weighted by Crippen LogP contribution is 2.29. The third-order valence-electron chi connectivity index (χ3n) is 2.75. The van der Waals surface area contributed by atoms with E-state index in [0.717, 1.165) is 6.54 Å². The van der Waals surface area contributed by atoms with Crippen LogP contribution in [0, 0.1) is 11.6 Å². The van der Waals surface area contributed by atoms with Crippen molar-refractivity contribution in [3.05, 3.63) is 58.1 Å². The van der Waals surface area contributed by atoms with Gasteiger partial charge in [-0.1, -0.05) is 13.0 Å². The highest BCUT2D eigenvalue weighted by atomic mass is 79.9. The third-order valence-corrected chi connectivity index (χ3v) is 3.35. The molecular weight excluding hydrogens is 328 g/mol.